The van der Waals surface area contributed by atoms with E-state index in [1.165, 1.54) is 6.07 Å². The van der Waals surface area contributed by atoms with Crippen LogP contribution in [0.3, 0.4) is 0 Å². The molecule has 2 rings (SSSR count). The van der Waals surface area contributed by atoms with Crippen molar-refractivity contribution in [3.8, 4) is 0 Å². The van der Waals surface area contributed by atoms with Gasteiger partial charge >= 0.3 is 0 Å². The molecule has 4 nitrogen and oxygen atoms in total. The molecule has 1 aromatic carbocycles. The van der Waals surface area contributed by atoms with Crippen LogP contribution in [-0.2, 0) is 10.0 Å². The molecule has 0 spiro atoms. The number of nitrogens with one attached hydrogen (secondary N) is 1. The molecule has 0 saturated heterocycles. The molecule has 0 radical (unpaired) electrons. The number of sulfonamides is 1. The standard InChI is InChI=1S/C12H16BrFN2O2S/c1-7(4-8-2-3-8)16-19(17,18)11-6-9(15)5-10(13)12(11)14/h5-8,16H,2-4,15H2,1H3. The summed E-state index contributed by atoms with van der Waals surface area (Å²) in [5.74, 6) is -0.226. The van der Waals surface area contributed by atoms with E-state index in [0.717, 1.165) is 25.3 Å². The summed E-state index contributed by atoms with van der Waals surface area (Å²) in [6.07, 6.45) is 3.07. The molecule has 0 bridgehead atoms. The predicted octanol–water partition coefficient (Wildman–Crippen LogP) is 2.64. The summed E-state index contributed by atoms with van der Waals surface area (Å²) in [6.45, 7) is 1.79. The Morgan fingerprint density at radius 3 is 2.74 bits per heavy atom. The molecular formula is C12H16BrFN2O2S. The number of hydrogen-bond donors (Lipinski definition) is 2. The van der Waals surface area contributed by atoms with Gasteiger partial charge in [0.25, 0.3) is 0 Å². The largest absolute Gasteiger partial charge is 0.399 e. The minimum Gasteiger partial charge on any atom is -0.399 e. The third-order valence-electron chi connectivity index (χ3n) is 3.05. The molecule has 0 amide bonds. The Labute approximate surface area is 120 Å². The first-order chi connectivity index (χ1) is 8.79. The van der Waals surface area contributed by atoms with Gasteiger partial charge in [0.2, 0.25) is 10.0 Å². The van der Waals surface area contributed by atoms with E-state index >= 15 is 0 Å². The summed E-state index contributed by atoms with van der Waals surface area (Å²) in [5, 5.41) is 0. The Kier molecular flexibility index (Phi) is 4.17. The molecule has 1 unspecified atom stereocenters. The lowest BCUT2D eigenvalue weighted by Crippen LogP contribution is -2.33. The number of nitrogens with two attached hydrogens (primary N) is 1. The highest BCUT2D eigenvalue weighted by Crippen LogP contribution is 2.34. The van der Waals surface area contributed by atoms with Gasteiger partial charge in [-0.1, -0.05) is 12.8 Å². The second kappa shape index (κ2) is 5.38. The maximum Gasteiger partial charge on any atom is 0.243 e. The first-order valence-corrected chi connectivity index (χ1v) is 8.34. The van der Waals surface area contributed by atoms with Crippen LogP contribution >= 0.6 is 15.9 Å². The van der Waals surface area contributed by atoms with Crippen LogP contribution in [0.1, 0.15) is 26.2 Å². The zero-order chi connectivity index (χ0) is 14.2. The summed E-state index contributed by atoms with van der Waals surface area (Å²) in [6, 6.07) is 2.26. The maximum absolute atomic E-state index is 13.9. The van der Waals surface area contributed by atoms with Crippen molar-refractivity contribution in [3.63, 3.8) is 0 Å². The van der Waals surface area contributed by atoms with Gasteiger partial charge in [-0.05, 0) is 47.3 Å². The average Bonchev–Trinajstić information content (AvgIpc) is 3.05. The fourth-order valence-electron chi connectivity index (χ4n) is 2.01. The van der Waals surface area contributed by atoms with Crippen LogP contribution in [0.4, 0.5) is 10.1 Å². The highest BCUT2D eigenvalue weighted by Gasteiger charge is 2.28. The van der Waals surface area contributed by atoms with Gasteiger partial charge in [-0.25, -0.2) is 17.5 Å². The molecule has 1 aliphatic rings. The zero-order valence-corrected chi connectivity index (χ0v) is 12.9. The molecule has 7 heteroatoms. The van der Waals surface area contributed by atoms with Gasteiger partial charge in [0.05, 0.1) is 4.47 Å². The van der Waals surface area contributed by atoms with Crippen molar-refractivity contribution in [2.75, 3.05) is 5.73 Å². The van der Waals surface area contributed by atoms with E-state index in [-0.39, 0.29) is 16.2 Å². The van der Waals surface area contributed by atoms with E-state index in [4.69, 9.17) is 5.73 Å². The summed E-state index contributed by atoms with van der Waals surface area (Å²) in [7, 11) is -3.89. The van der Waals surface area contributed by atoms with Crippen LogP contribution in [0.2, 0.25) is 0 Å². The lowest BCUT2D eigenvalue weighted by molar-refractivity contribution is 0.520. The molecule has 1 fully saturated rings. The molecule has 3 N–H and O–H groups in total. The molecule has 0 aromatic heterocycles. The lowest BCUT2D eigenvalue weighted by Gasteiger charge is -2.15. The van der Waals surface area contributed by atoms with Crippen molar-refractivity contribution in [1.29, 1.82) is 0 Å². The molecule has 1 aliphatic carbocycles. The Hall–Kier alpha value is -0.660. The van der Waals surface area contributed by atoms with Gasteiger partial charge in [-0.15, -0.1) is 0 Å². The Morgan fingerprint density at radius 1 is 1.53 bits per heavy atom. The number of nitrogen functional groups attached to an aromatic ring is 1. The molecule has 1 atom stereocenters. The van der Waals surface area contributed by atoms with E-state index in [1.807, 2.05) is 0 Å². The summed E-state index contributed by atoms with van der Waals surface area (Å²) >= 11 is 2.96. The van der Waals surface area contributed by atoms with E-state index < -0.39 is 20.7 Å². The van der Waals surface area contributed by atoms with Crippen LogP contribution in [0, 0.1) is 11.7 Å². The zero-order valence-electron chi connectivity index (χ0n) is 10.5. The predicted molar refractivity (Wildman–Crippen MR) is 75.6 cm³/mol. The summed E-state index contributed by atoms with van der Waals surface area (Å²) < 4.78 is 40.7. The van der Waals surface area contributed by atoms with Crippen LogP contribution in [0.5, 0.6) is 0 Å². The number of hydrogen-bond acceptors (Lipinski definition) is 3. The van der Waals surface area contributed by atoms with E-state index in [1.54, 1.807) is 6.92 Å². The van der Waals surface area contributed by atoms with Gasteiger partial charge in [0.15, 0.2) is 5.82 Å². The normalized spacial score (nSPS) is 17.4. The first-order valence-electron chi connectivity index (χ1n) is 6.06. The monoisotopic (exact) mass is 350 g/mol. The smallest absolute Gasteiger partial charge is 0.243 e. The van der Waals surface area contributed by atoms with Gasteiger partial charge < -0.3 is 5.73 Å². The van der Waals surface area contributed by atoms with Crippen molar-refractivity contribution >= 4 is 31.6 Å². The molecule has 1 saturated carbocycles. The van der Waals surface area contributed by atoms with E-state index in [9.17, 15) is 12.8 Å². The summed E-state index contributed by atoms with van der Waals surface area (Å²) in [5.41, 5.74) is 5.76. The number of benzene rings is 1. The van der Waals surface area contributed by atoms with Crippen molar-refractivity contribution in [3.05, 3.63) is 22.4 Å². The minimum atomic E-state index is -3.89. The highest BCUT2D eigenvalue weighted by atomic mass is 79.9. The van der Waals surface area contributed by atoms with Crippen LogP contribution in [0.25, 0.3) is 0 Å². The Bertz CT molecular complexity index is 588. The number of halogens is 2. The van der Waals surface area contributed by atoms with Crippen molar-refractivity contribution in [2.24, 2.45) is 5.92 Å². The number of anilines is 1. The van der Waals surface area contributed by atoms with Crippen molar-refractivity contribution in [2.45, 2.75) is 37.1 Å². The average molecular weight is 351 g/mol. The third-order valence-corrected chi connectivity index (χ3v) is 5.21. The van der Waals surface area contributed by atoms with Crippen LogP contribution in [-0.4, -0.2) is 14.5 Å². The minimum absolute atomic E-state index is 0.0442. The van der Waals surface area contributed by atoms with Crippen LogP contribution in [0.15, 0.2) is 21.5 Å². The summed E-state index contributed by atoms with van der Waals surface area (Å²) in [4.78, 5) is -0.415. The second-order valence-electron chi connectivity index (χ2n) is 5.02. The molecule has 0 heterocycles. The fraction of sp³-hybridized carbons (Fsp3) is 0.500. The molecule has 19 heavy (non-hydrogen) atoms. The quantitative estimate of drug-likeness (QED) is 0.801. The maximum atomic E-state index is 13.9. The van der Waals surface area contributed by atoms with Crippen molar-refractivity contribution in [1.82, 2.24) is 4.72 Å². The second-order valence-corrected chi connectivity index (χ2v) is 7.55. The molecule has 0 aliphatic heterocycles. The SMILES string of the molecule is CC(CC1CC1)NS(=O)(=O)c1cc(N)cc(Br)c1F. The van der Waals surface area contributed by atoms with Gasteiger partial charge in [0.1, 0.15) is 4.90 Å². The first kappa shape index (κ1) is 14.7. The Morgan fingerprint density at radius 2 is 2.16 bits per heavy atom. The van der Waals surface area contributed by atoms with E-state index in [0.29, 0.717) is 5.92 Å². The highest BCUT2D eigenvalue weighted by molar-refractivity contribution is 9.10. The molecule has 106 valence electrons. The van der Waals surface area contributed by atoms with Crippen molar-refractivity contribution < 1.29 is 12.8 Å². The lowest BCUT2D eigenvalue weighted by atomic mass is 10.2. The van der Waals surface area contributed by atoms with Gasteiger partial charge in [-0.3, -0.25) is 0 Å². The number of rotatable bonds is 5. The third kappa shape index (κ3) is 3.67. The molecule has 1 aromatic rings. The topological polar surface area (TPSA) is 72.2 Å². The molecular weight excluding hydrogens is 335 g/mol. The van der Waals surface area contributed by atoms with Gasteiger partial charge in [-0.2, -0.15) is 0 Å². The van der Waals surface area contributed by atoms with Crippen LogP contribution < -0.4 is 10.5 Å². The van der Waals surface area contributed by atoms with Gasteiger partial charge in [0, 0.05) is 11.7 Å². The Balaban J connectivity index is 2.23. The van der Waals surface area contributed by atoms with E-state index in [2.05, 4.69) is 20.7 Å². The fourth-order valence-corrected chi connectivity index (χ4v) is 4.01.